The van der Waals surface area contributed by atoms with Gasteiger partial charge in [0.05, 0.1) is 24.2 Å². The molecule has 3 aliphatic rings. The van der Waals surface area contributed by atoms with Crippen LogP contribution in [0.2, 0.25) is 0 Å². The minimum absolute atomic E-state index is 0.553. The molecule has 0 radical (unpaired) electrons. The zero-order valence-corrected chi connectivity index (χ0v) is 18.8. The van der Waals surface area contributed by atoms with Crippen molar-refractivity contribution in [3.63, 3.8) is 0 Å². The summed E-state index contributed by atoms with van der Waals surface area (Å²) in [7, 11) is 1.65. The number of piperidine rings is 1. The van der Waals surface area contributed by atoms with Gasteiger partial charge in [-0.05, 0) is 30.2 Å². The maximum Gasteiger partial charge on any atom is 0.212 e. The predicted octanol–water partition coefficient (Wildman–Crippen LogP) is 3.14. The van der Waals surface area contributed by atoms with Crippen molar-refractivity contribution in [2.45, 2.75) is 25.0 Å². The van der Waals surface area contributed by atoms with Crippen molar-refractivity contribution in [3.05, 3.63) is 66.7 Å². The van der Waals surface area contributed by atoms with E-state index in [0.29, 0.717) is 18.0 Å². The Kier molecular flexibility index (Phi) is 4.31. The quantitative estimate of drug-likeness (QED) is 0.438. The van der Waals surface area contributed by atoms with E-state index in [1.807, 2.05) is 41.4 Å². The van der Waals surface area contributed by atoms with Crippen LogP contribution < -0.4 is 9.64 Å². The van der Waals surface area contributed by atoms with E-state index >= 15 is 0 Å². The van der Waals surface area contributed by atoms with Crippen LogP contribution in [0.3, 0.4) is 0 Å². The lowest BCUT2D eigenvalue weighted by atomic mass is 9.87. The molecule has 9 heteroatoms. The number of nitrogens with one attached hydrogen (secondary N) is 1. The summed E-state index contributed by atoms with van der Waals surface area (Å²) < 4.78 is 7.07. The highest BCUT2D eigenvalue weighted by Crippen LogP contribution is 2.36. The van der Waals surface area contributed by atoms with Crippen LogP contribution in [0.5, 0.6) is 5.88 Å². The Hall–Kier alpha value is -3.98. The Morgan fingerprint density at radius 2 is 1.94 bits per heavy atom. The van der Waals surface area contributed by atoms with Crippen LogP contribution in [0, 0.1) is 0 Å². The van der Waals surface area contributed by atoms with Crippen LogP contribution in [-0.4, -0.2) is 67.0 Å². The number of nitrogens with zero attached hydrogens (tertiary/aromatic N) is 7. The molecule has 0 spiro atoms. The molecular weight excluding hydrogens is 428 g/mol. The summed E-state index contributed by atoms with van der Waals surface area (Å²) in [6.45, 7) is 2.94. The average molecular weight is 453 g/mol. The zero-order valence-electron chi connectivity index (χ0n) is 18.8. The van der Waals surface area contributed by atoms with Crippen LogP contribution in [0.1, 0.15) is 12.0 Å². The molecule has 2 bridgehead atoms. The van der Waals surface area contributed by atoms with Crippen LogP contribution in [0.15, 0.2) is 61.2 Å². The molecule has 1 N–H and O–H groups in total. The van der Waals surface area contributed by atoms with Crippen molar-refractivity contribution in [3.8, 4) is 17.0 Å². The summed E-state index contributed by atoms with van der Waals surface area (Å²) in [6, 6.07) is 13.6. The van der Waals surface area contributed by atoms with E-state index in [9.17, 15) is 0 Å². The van der Waals surface area contributed by atoms with E-state index in [1.165, 1.54) is 12.0 Å². The second-order valence-corrected chi connectivity index (χ2v) is 9.08. The number of hydrogen-bond donors (Lipinski definition) is 1. The fraction of sp³-hybridized carbons (Fsp3) is 0.280. The highest BCUT2D eigenvalue weighted by molar-refractivity contribution is 6.00. The first-order valence-electron chi connectivity index (χ1n) is 11.5. The van der Waals surface area contributed by atoms with Crippen LogP contribution in [0.4, 0.5) is 5.82 Å². The van der Waals surface area contributed by atoms with Gasteiger partial charge in [0.15, 0.2) is 5.65 Å². The van der Waals surface area contributed by atoms with Gasteiger partial charge in [-0.3, -0.25) is 10.00 Å². The van der Waals surface area contributed by atoms with Gasteiger partial charge in [0, 0.05) is 67.5 Å². The zero-order chi connectivity index (χ0) is 22.6. The maximum absolute atomic E-state index is 5.17. The SMILES string of the molecule is COc1ccc(CN2C3CC2CN(c2ccc(-c4cccn5nc6[nH]ncc6c45)cn2)C3)cn1. The standard InChI is InChI=1S/C25H24N8O/c1-34-23-7-4-16(10-27-23)13-32-18-9-19(32)15-31(14-18)22-6-5-17(11-26-22)20-3-2-8-33-24(20)21-12-28-29-25(21)30-33/h2-8,10-12,18-19H,9,13-15H2,1H3,(H,29,30). The van der Waals surface area contributed by atoms with Crippen molar-refractivity contribution < 1.29 is 4.74 Å². The van der Waals surface area contributed by atoms with E-state index in [2.05, 4.69) is 54.3 Å². The molecule has 5 aromatic rings. The van der Waals surface area contributed by atoms with Gasteiger partial charge in [-0.2, -0.15) is 5.10 Å². The van der Waals surface area contributed by atoms with Gasteiger partial charge >= 0.3 is 0 Å². The third kappa shape index (κ3) is 3.04. The van der Waals surface area contributed by atoms with Crippen molar-refractivity contribution in [2.24, 2.45) is 0 Å². The molecule has 8 rings (SSSR count). The molecule has 0 amide bonds. The van der Waals surface area contributed by atoms with Crippen molar-refractivity contribution in [1.29, 1.82) is 0 Å². The molecule has 170 valence electrons. The molecule has 3 saturated heterocycles. The third-order valence-corrected chi connectivity index (χ3v) is 7.16. The summed E-state index contributed by atoms with van der Waals surface area (Å²) in [5, 5.41) is 12.7. The number of hydrogen-bond acceptors (Lipinski definition) is 7. The summed E-state index contributed by atoms with van der Waals surface area (Å²) in [6.07, 6.45) is 8.94. The first kappa shape index (κ1) is 19.5. The van der Waals surface area contributed by atoms with Crippen LogP contribution >= 0.6 is 0 Å². The minimum Gasteiger partial charge on any atom is -0.481 e. The maximum atomic E-state index is 5.17. The molecule has 9 nitrogen and oxygen atoms in total. The number of aromatic amines is 1. The first-order chi connectivity index (χ1) is 16.8. The fourth-order valence-electron chi connectivity index (χ4n) is 5.42. The van der Waals surface area contributed by atoms with Crippen molar-refractivity contribution in [2.75, 3.05) is 25.1 Å². The molecule has 5 aromatic heterocycles. The van der Waals surface area contributed by atoms with E-state index in [1.54, 1.807) is 7.11 Å². The number of anilines is 1. The molecule has 2 atom stereocenters. The summed E-state index contributed by atoms with van der Waals surface area (Å²) >= 11 is 0. The second-order valence-electron chi connectivity index (χ2n) is 9.08. The molecule has 8 heterocycles. The van der Waals surface area contributed by atoms with Crippen molar-refractivity contribution >= 4 is 22.4 Å². The molecule has 2 unspecified atom stereocenters. The molecule has 0 saturated carbocycles. The van der Waals surface area contributed by atoms with Crippen LogP contribution in [0.25, 0.3) is 27.7 Å². The van der Waals surface area contributed by atoms with Gasteiger partial charge in [-0.25, -0.2) is 14.5 Å². The lowest BCUT2D eigenvalue weighted by Gasteiger charge is -2.56. The number of aromatic nitrogens is 6. The van der Waals surface area contributed by atoms with E-state index < -0.39 is 0 Å². The molecular formula is C25H24N8O. The Balaban J connectivity index is 1.09. The highest BCUT2D eigenvalue weighted by Gasteiger charge is 2.44. The van der Waals surface area contributed by atoms with E-state index in [-0.39, 0.29) is 0 Å². The Morgan fingerprint density at radius 3 is 2.71 bits per heavy atom. The van der Waals surface area contributed by atoms with Gasteiger partial charge in [0.2, 0.25) is 5.88 Å². The van der Waals surface area contributed by atoms with Gasteiger partial charge in [-0.15, -0.1) is 5.10 Å². The molecule has 34 heavy (non-hydrogen) atoms. The topological polar surface area (TPSA) is 87.5 Å². The van der Waals surface area contributed by atoms with Crippen LogP contribution in [-0.2, 0) is 6.54 Å². The summed E-state index contributed by atoms with van der Waals surface area (Å²) in [5.41, 5.74) is 5.25. The summed E-state index contributed by atoms with van der Waals surface area (Å²) in [4.78, 5) is 14.2. The Labute approximate surface area is 196 Å². The number of pyridine rings is 3. The number of fused-ring (bicyclic) bond motifs is 5. The first-order valence-corrected chi connectivity index (χ1v) is 11.5. The van der Waals surface area contributed by atoms with Gasteiger partial charge in [-0.1, -0.05) is 12.1 Å². The Morgan fingerprint density at radius 1 is 1.03 bits per heavy atom. The van der Waals surface area contributed by atoms with Gasteiger partial charge in [0.1, 0.15) is 5.82 Å². The number of ether oxygens (including phenoxy) is 1. The van der Waals surface area contributed by atoms with E-state index in [0.717, 1.165) is 53.1 Å². The number of H-pyrrole nitrogens is 1. The minimum atomic E-state index is 0.553. The molecule has 0 aromatic carbocycles. The smallest absolute Gasteiger partial charge is 0.212 e. The molecule has 0 aliphatic carbocycles. The van der Waals surface area contributed by atoms with Crippen molar-refractivity contribution in [1.82, 2.24) is 34.7 Å². The van der Waals surface area contributed by atoms with Gasteiger partial charge in [0.25, 0.3) is 0 Å². The number of piperazine rings is 1. The van der Waals surface area contributed by atoms with Gasteiger partial charge < -0.3 is 9.64 Å². The highest BCUT2D eigenvalue weighted by atomic mass is 16.5. The normalized spacial score (nSPS) is 20.1. The lowest BCUT2D eigenvalue weighted by Crippen LogP contribution is -2.68. The fourth-order valence-corrected chi connectivity index (χ4v) is 5.42. The number of rotatable bonds is 5. The largest absolute Gasteiger partial charge is 0.481 e. The average Bonchev–Trinajstić information content (AvgIpc) is 3.49. The van der Waals surface area contributed by atoms with E-state index in [4.69, 9.17) is 9.72 Å². The summed E-state index contributed by atoms with van der Waals surface area (Å²) in [5.74, 6) is 1.70. The monoisotopic (exact) mass is 452 g/mol. The second kappa shape index (κ2) is 7.53. The third-order valence-electron chi connectivity index (χ3n) is 7.16. The predicted molar refractivity (Wildman–Crippen MR) is 129 cm³/mol. The lowest BCUT2D eigenvalue weighted by molar-refractivity contribution is -0.00876. The number of methoxy groups -OCH3 is 1. The molecule has 3 fully saturated rings. The Bertz CT molecular complexity index is 1460. The molecule has 3 aliphatic heterocycles.